The molecule has 0 spiro atoms. The first-order valence-corrected chi connectivity index (χ1v) is 10.0. The molecule has 1 aromatic heterocycles. The summed E-state index contributed by atoms with van der Waals surface area (Å²) in [6.45, 7) is 6.53. The van der Waals surface area contributed by atoms with Crippen molar-refractivity contribution in [1.29, 1.82) is 0 Å². The summed E-state index contributed by atoms with van der Waals surface area (Å²) >= 11 is 6.36. The average Bonchev–Trinajstić information content (AvgIpc) is 3.07. The van der Waals surface area contributed by atoms with E-state index in [1.54, 1.807) is 6.07 Å². The van der Waals surface area contributed by atoms with E-state index in [0.29, 0.717) is 17.3 Å². The molecule has 0 saturated heterocycles. The Hall–Kier alpha value is -1.85. The predicted molar refractivity (Wildman–Crippen MR) is 107 cm³/mol. The van der Waals surface area contributed by atoms with Gasteiger partial charge in [-0.2, -0.15) is 5.10 Å². The number of halogens is 1. The molecule has 0 radical (unpaired) electrons. The van der Waals surface area contributed by atoms with Gasteiger partial charge in [0.2, 0.25) is 0 Å². The number of benzene rings is 1. The minimum Gasteiger partial charge on any atom is -0.376 e. The minimum atomic E-state index is -0.0486. The number of rotatable bonds is 6. The number of aryl methyl sites for hydroxylation is 1. The van der Waals surface area contributed by atoms with Gasteiger partial charge < -0.3 is 9.64 Å². The van der Waals surface area contributed by atoms with Crippen LogP contribution in [0.3, 0.4) is 0 Å². The minimum absolute atomic E-state index is 0.0486. The molecule has 1 N–H and O–H groups in total. The third-order valence-electron chi connectivity index (χ3n) is 5.03. The van der Waals surface area contributed by atoms with Gasteiger partial charge in [0.05, 0.1) is 12.2 Å². The normalized spacial score (nSPS) is 20.0. The Morgan fingerprint density at radius 2 is 2.00 bits per heavy atom. The molecule has 0 atom stereocenters. The highest BCUT2D eigenvalue weighted by molar-refractivity contribution is 6.31. The summed E-state index contributed by atoms with van der Waals surface area (Å²) in [7, 11) is 0. The van der Waals surface area contributed by atoms with E-state index in [1.807, 2.05) is 36.1 Å². The largest absolute Gasteiger partial charge is 0.376 e. The van der Waals surface area contributed by atoms with Crippen LogP contribution in [0.15, 0.2) is 30.3 Å². The standard InChI is InChI=1S/C21H28ClN3O2/c1-14(2)27-18-10-8-17(9-11-18)25(13-16-6-4-5-7-19(16)22)21(26)20-12-15(3)23-24-20/h4-7,12,14,17-18H,8-11,13H2,1-3H3,(H,23,24). The number of nitrogens with one attached hydrogen (secondary N) is 1. The lowest BCUT2D eigenvalue weighted by atomic mass is 9.91. The van der Waals surface area contributed by atoms with Crippen molar-refractivity contribution in [3.8, 4) is 0 Å². The molecule has 27 heavy (non-hydrogen) atoms. The topological polar surface area (TPSA) is 58.2 Å². The van der Waals surface area contributed by atoms with E-state index in [-0.39, 0.29) is 24.2 Å². The highest BCUT2D eigenvalue weighted by Gasteiger charge is 2.31. The molecule has 2 aromatic rings. The fraction of sp³-hybridized carbons (Fsp3) is 0.524. The molecule has 1 heterocycles. The van der Waals surface area contributed by atoms with Crippen LogP contribution in [0, 0.1) is 6.92 Å². The van der Waals surface area contributed by atoms with Crippen molar-refractivity contribution >= 4 is 17.5 Å². The number of aromatic nitrogens is 2. The molecule has 1 amide bonds. The van der Waals surface area contributed by atoms with Gasteiger partial charge in [-0.05, 0) is 64.2 Å². The Kier molecular flexibility index (Phi) is 6.55. The van der Waals surface area contributed by atoms with Crippen LogP contribution in [0.4, 0.5) is 0 Å². The van der Waals surface area contributed by atoms with E-state index in [2.05, 4.69) is 24.0 Å². The third-order valence-corrected chi connectivity index (χ3v) is 5.40. The van der Waals surface area contributed by atoms with E-state index in [0.717, 1.165) is 36.9 Å². The van der Waals surface area contributed by atoms with Gasteiger partial charge in [0.25, 0.3) is 5.91 Å². The molecule has 5 nitrogen and oxygen atoms in total. The molecule has 1 aliphatic carbocycles. The molecule has 3 rings (SSSR count). The molecule has 0 bridgehead atoms. The van der Waals surface area contributed by atoms with Crippen LogP contribution in [0.25, 0.3) is 0 Å². The van der Waals surface area contributed by atoms with Crippen molar-refractivity contribution in [2.75, 3.05) is 0 Å². The van der Waals surface area contributed by atoms with Gasteiger partial charge in [0, 0.05) is 23.3 Å². The highest BCUT2D eigenvalue weighted by Crippen LogP contribution is 2.29. The number of carbonyl (C=O) groups is 1. The van der Waals surface area contributed by atoms with Gasteiger partial charge in [0.15, 0.2) is 0 Å². The van der Waals surface area contributed by atoms with Crippen molar-refractivity contribution in [3.63, 3.8) is 0 Å². The zero-order valence-electron chi connectivity index (χ0n) is 16.2. The summed E-state index contributed by atoms with van der Waals surface area (Å²) in [5.74, 6) is -0.0486. The SMILES string of the molecule is Cc1cc(C(=O)N(Cc2ccccc2Cl)C2CCC(OC(C)C)CC2)n[nH]1. The predicted octanol–water partition coefficient (Wildman–Crippen LogP) is 4.75. The number of hydrogen-bond donors (Lipinski definition) is 1. The molecule has 1 aliphatic rings. The first-order chi connectivity index (χ1) is 12.9. The van der Waals surface area contributed by atoms with Gasteiger partial charge in [-0.3, -0.25) is 9.89 Å². The monoisotopic (exact) mass is 389 g/mol. The number of ether oxygens (including phenoxy) is 1. The lowest BCUT2D eigenvalue weighted by Gasteiger charge is -2.37. The van der Waals surface area contributed by atoms with Gasteiger partial charge in [-0.1, -0.05) is 29.8 Å². The number of amides is 1. The van der Waals surface area contributed by atoms with Crippen LogP contribution in [-0.2, 0) is 11.3 Å². The highest BCUT2D eigenvalue weighted by atomic mass is 35.5. The molecule has 6 heteroatoms. The van der Waals surface area contributed by atoms with Crippen molar-refractivity contribution in [1.82, 2.24) is 15.1 Å². The van der Waals surface area contributed by atoms with E-state index in [9.17, 15) is 4.79 Å². The van der Waals surface area contributed by atoms with Gasteiger partial charge in [0.1, 0.15) is 5.69 Å². The summed E-state index contributed by atoms with van der Waals surface area (Å²) in [5.41, 5.74) is 2.30. The van der Waals surface area contributed by atoms with Crippen molar-refractivity contribution in [2.45, 2.75) is 71.2 Å². The van der Waals surface area contributed by atoms with Crippen LogP contribution in [0.2, 0.25) is 5.02 Å². The molecule has 0 aliphatic heterocycles. The van der Waals surface area contributed by atoms with Crippen molar-refractivity contribution < 1.29 is 9.53 Å². The van der Waals surface area contributed by atoms with Crippen LogP contribution in [0.5, 0.6) is 0 Å². The summed E-state index contributed by atoms with van der Waals surface area (Å²) in [4.78, 5) is 15.1. The zero-order chi connectivity index (χ0) is 19.4. The van der Waals surface area contributed by atoms with Gasteiger partial charge in [-0.15, -0.1) is 0 Å². The second-order valence-electron chi connectivity index (χ2n) is 7.58. The van der Waals surface area contributed by atoms with Crippen LogP contribution < -0.4 is 0 Å². The maximum atomic E-state index is 13.2. The van der Waals surface area contributed by atoms with Gasteiger partial charge >= 0.3 is 0 Å². The first kappa shape index (κ1) is 19.9. The maximum absolute atomic E-state index is 13.2. The van der Waals surface area contributed by atoms with E-state index in [1.165, 1.54) is 0 Å². The Morgan fingerprint density at radius 3 is 2.59 bits per heavy atom. The van der Waals surface area contributed by atoms with E-state index < -0.39 is 0 Å². The molecule has 0 unspecified atom stereocenters. The smallest absolute Gasteiger partial charge is 0.274 e. The summed E-state index contributed by atoms with van der Waals surface area (Å²) in [6, 6.07) is 9.67. The molecule has 146 valence electrons. The Bertz CT molecular complexity index is 766. The first-order valence-electron chi connectivity index (χ1n) is 9.66. The van der Waals surface area contributed by atoms with Crippen LogP contribution in [-0.4, -0.2) is 39.3 Å². The number of carbonyl (C=O) groups excluding carboxylic acids is 1. The average molecular weight is 390 g/mol. The van der Waals surface area contributed by atoms with Gasteiger partial charge in [-0.25, -0.2) is 0 Å². The Labute approximate surface area is 166 Å². The second kappa shape index (κ2) is 8.89. The summed E-state index contributed by atoms with van der Waals surface area (Å²) < 4.78 is 5.96. The number of H-pyrrole nitrogens is 1. The number of aromatic amines is 1. The van der Waals surface area contributed by atoms with Crippen molar-refractivity contribution in [2.24, 2.45) is 0 Å². The molecule has 1 fully saturated rings. The molecule has 1 aromatic carbocycles. The van der Waals surface area contributed by atoms with Crippen LogP contribution >= 0.6 is 11.6 Å². The molecular weight excluding hydrogens is 362 g/mol. The summed E-state index contributed by atoms with van der Waals surface area (Å²) in [5, 5.41) is 7.73. The van der Waals surface area contributed by atoms with Crippen molar-refractivity contribution in [3.05, 3.63) is 52.3 Å². The Morgan fingerprint density at radius 1 is 1.30 bits per heavy atom. The molecular formula is C21H28ClN3O2. The summed E-state index contributed by atoms with van der Waals surface area (Å²) in [6.07, 6.45) is 4.31. The lowest BCUT2D eigenvalue weighted by Crippen LogP contribution is -2.43. The van der Waals surface area contributed by atoms with E-state index in [4.69, 9.17) is 16.3 Å². The number of nitrogens with zero attached hydrogens (tertiary/aromatic N) is 2. The Balaban J connectivity index is 1.78. The van der Waals surface area contributed by atoms with Crippen LogP contribution in [0.1, 0.15) is 61.3 Å². The zero-order valence-corrected chi connectivity index (χ0v) is 17.0. The fourth-order valence-corrected chi connectivity index (χ4v) is 3.92. The number of hydrogen-bond acceptors (Lipinski definition) is 3. The van der Waals surface area contributed by atoms with E-state index >= 15 is 0 Å². The molecule has 1 saturated carbocycles. The third kappa shape index (κ3) is 5.11. The second-order valence-corrected chi connectivity index (χ2v) is 7.98. The fourth-order valence-electron chi connectivity index (χ4n) is 3.73. The lowest BCUT2D eigenvalue weighted by molar-refractivity contribution is -0.0252. The quantitative estimate of drug-likeness (QED) is 0.775. The maximum Gasteiger partial charge on any atom is 0.274 e.